The fraction of sp³-hybridized carbons (Fsp3) is 0.281. The molecule has 5 rings (SSSR count). The number of nitrogens with zero attached hydrogens (tertiary/aromatic N) is 2. The van der Waals surface area contributed by atoms with Crippen molar-refractivity contribution in [2.24, 2.45) is 0 Å². The van der Waals surface area contributed by atoms with Gasteiger partial charge in [0.15, 0.2) is 0 Å². The first-order valence-corrected chi connectivity index (χ1v) is 13.0. The number of rotatable bonds is 4. The molecular weight excluding hydrogens is 472 g/mol. The average Bonchev–Trinajstić information content (AvgIpc) is 3.53. The fourth-order valence-electron chi connectivity index (χ4n) is 5.48. The van der Waals surface area contributed by atoms with Crippen LogP contribution >= 0.6 is 0 Å². The van der Waals surface area contributed by atoms with Crippen LogP contribution < -0.4 is 0 Å². The van der Waals surface area contributed by atoms with Crippen molar-refractivity contribution in [2.45, 2.75) is 61.3 Å². The lowest BCUT2D eigenvalue weighted by Gasteiger charge is -2.03. The van der Waals surface area contributed by atoms with Crippen molar-refractivity contribution >= 4 is 50.3 Å². The third-order valence-electron chi connectivity index (χ3n) is 8.25. The van der Waals surface area contributed by atoms with Gasteiger partial charge in [-0.15, -0.1) is 0 Å². The van der Waals surface area contributed by atoms with Gasteiger partial charge in [0.25, 0.3) is 0 Å². The number of aryl methyl sites for hydroxylation is 4. The van der Waals surface area contributed by atoms with E-state index in [1.807, 2.05) is 6.08 Å². The lowest BCUT2D eigenvalue weighted by atomic mass is 10.00. The number of H-pyrrole nitrogens is 2. The zero-order valence-electron chi connectivity index (χ0n) is 23.2. The molecule has 2 aliphatic heterocycles. The molecule has 194 valence electrons. The minimum Gasteiger partial charge on any atom is -0.481 e. The van der Waals surface area contributed by atoms with Gasteiger partial charge in [-0.1, -0.05) is 12.7 Å². The minimum atomic E-state index is -0.806. The Labute approximate surface area is 222 Å². The smallest absolute Gasteiger partial charge is 0.303 e. The summed E-state index contributed by atoms with van der Waals surface area (Å²) in [5.41, 5.74) is 17.2. The summed E-state index contributed by atoms with van der Waals surface area (Å²) in [6, 6.07) is 6.29. The first-order valence-electron chi connectivity index (χ1n) is 13.0. The van der Waals surface area contributed by atoms with Crippen LogP contribution in [0.1, 0.15) is 77.8 Å². The van der Waals surface area contributed by atoms with E-state index in [2.05, 4.69) is 83.2 Å². The maximum absolute atomic E-state index is 11.4. The second kappa shape index (κ2) is 9.28. The Bertz CT molecular complexity index is 1780. The first kappa shape index (κ1) is 25.5. The predicted molar refractivity (Wildman–Crippen MR) is 157 cm³/mol. The molecule has 0 aliphatic carbocycles. The van der Waals surface area contributed by atoms with E-state index in [1.165, 1.54) is 0 Å². The highest BCUT2D eigenvalue weighted by Crippen LogP contribution is 2.37. The largest absolute Gasteiger partial charge is 0.481 e. The molecule has 0 atom stereocenters. The highest BCUT2D eigenvalue weighted by Gasteiger charge is 2.22. The molecule has 0 saturated carbocycles. The van der Waals surface area contributed by atoms with Gasteiger partial charge in [0.05, 0.1) is 22.8 Å². The van der Waals surface area contributed by atoms with Crippen LogP contribution in [0.2, 0.25) is 0 Å². The number of carbonyl (C=O) groups is 1. The monoisotopic (exact) mass is 506 g/mol. The highest BCUT2D eigenvalue weighted by molar-refractivity contribution is 5.99. The van der Waals surface area contributed by atoms with Crippen LogP contribution in [-0.4, -0.2) is 31.0 Å². The molecule has 0 fully saturated rings. The van der Waals surface area contributed by atoms with Gasteiger partial charge < -0.3 is 15.1 Å². The molecule has 0 amide bonds. The van der Waals surface area contributed by atoms with E-state index in [9.17, 15) is 9.90 Å². The Morgan fingerprint density at radius 3 is 1.95 bits per heavy atom. The molecule has 6 nitrogen and oxygen atoms in total. The molecule has 8 bridgehead atoms. The van der Waals surface area contributed by atoms with Crippen molar-refractivity contribution in [3.05, 3.63) is 81.4 Å². The van der Waals surface area contributed by atoms with Gasteiger partial charge in [-0.05, 0) is 112 Å². The maximum Gasteiger partial charge on any atom is 0.303 e. The second-order valence-electron chi connectivity index (χ2n) is 10.4. The third-order valence-corrected chi connectivity index (χ3v) is 8.25. The predicted octanol–water partition coefficient (Wildman–Crippen LogP) is 7.63. The summed E-state index contributed by atoms with van der Waals surface area (Å²) in [6.07, 6.45) is 2.41. The summed E-state index contributed by atoms with van der Waals surface area (Å²) in [4.78, 5) is 28.8. The van der Waals surface area contributed by atoms with Gasteiger partial charge in [0.2, 0.25) is 0 Å². The molecule has 0 unspecified atom stereocenters. The van der Waals surface area contributed by atoms with Crippen molar-refractivity contribution in [2.75, 3.05) is 0 Å². The highest BCUT2D eigenvalue weighted by atomic mass is 16.4. The Kier molecular flexibility index (Phi) is 6.22. The van der Waals surface area contributed by atoms with Crippen LogP contribution in [0, 0.1) is 27.7 Å². The number of aromatic amines is 2. The number of hydrogen-bond acceptors (Lipinski definition) is 3. The number of carboxylic acid groups (broad SMARTS) is 1. The Hall–Kier alpha value is -4.19. The average molecular weight is 507 g/mol. The van der Waals surface area contributed by atoms with Crippen molar-refractivity contribution in [3.8, 4) is 0 Å². The zero-order valence-corrected chi connectivity index (χ0v) is 23.2. The summed E-state index contributed by atoms with van der Waals surface area (Å²) < 4.78 is 0. The summed E-state index contributed by atoms with van der Waals surface area (Å²) in [6.45, 7) is 18.7. The lowest BCUT2D eigenvalue weighted by Crippen LogP contribution is -1.97. The molecule has 0 aromatic carbocycles. The van der Waals surface area contributed by atoms with Crippen LogP contribution in [-0.2, 0) is 11.2 Å². The third kappa shape index (κ3) is 4.01. The molecule has 0 radical (unpaired) electrons. The molecule has 0 saturated heterocycles. The fourth-order valence-corrected chi connectivity index (χ4v) is 5.48. The first-order chi connectivity index (χ1) is 18.0. The number of carboxylic acids is 1. The van der Waals surface area contributed by atoms with Crippen LogP contribution in [0.25, 0.3) is 44.4 Å². The van der Waals surface area contributed by atoms with Gasteiger partial charge in [-0.3, -0.25) is 4.79 Å². The van der Waals surface area contributed by atoms with E-state index in [0.717, 1.165) is 95.0 Å². The number of allylic oxidation sites excluding steroid dienone is 5. The van der Waals surface area contributed by atoms with Crippen molar-refractivity contribution in [1.29, 1.82) is 0 Å². The van der Waals surface area contributed by atoms with Gasteiger partial charge in [0.1, 0.15) is 0 Å². The number of nitrogens with one attached hydrogen (secondary N) is 2. The molecule has 38 heavy (non-hydrogen) atoms. The summed E-state index contributed by atoms with van der Waals surface area (Å²) in [5, 5.41) is 9.39. The number of aromatic nitrogens is 4. The summed E-state index contributed by atoms with van der Waals surface area (Å²) >= 11 is 0. The molecule has 5 heterocycles. The van der Waals surface area contributed by atoms with Gasteiger partial charge in [0, 0.05) is 39.6 Å². The standard InChI is InChI=1S/C32H34N4O2/c1-9-22-19(6)28-12-24-15(2)16(3)25(33-24)14-29-23(10-11-30(37)38)20(7)27(34-29)13-26-17(4)18(5)31(35-26)21(8)32(22)36-28/h9,12-14,33-34H,1,10-11H2,2-8H3,(H,37,38). The van der Waals surface area contributed by atoms with E-state index in [1.54, 1.807) is 0 Å². The SMILES string of the molecule is C=CC1=C(C)c2cc3[nH]c(cc4[nH]c(cc5nc(c(C)c1n2)C(C)=C5C)c(C)c4CCC(=O)O)c(C)c3C. The second-order valence-corrected chi connectivity index (χ2v) is 10.4. The van der Waals surface area contributed by atoms with E-state index in [4.69, 9.17) is 9.97 Å². The molecule has 0 spiro atoms. The number of hydrogen-bond donors (Lipinski definition) is 3. The van der Waals surface area contributed by atoms with Crippen molar-refractivity contribution < 1.29 is 9.90 Å². The van der Waals surface area contributed by atoms with Crippen LogP contribution in [0.4, 0.5) is 0 Å². The van der Waals surface area contributed by atoms with E-state index < -0.39 is 5.97 Å². The van der Waals surface area contributed by atoms with E-state index in [-0.39, 0.29) is 6.42 Å². The Morgan fingerprint density at radius 2 is 1.32 bits per heavy atom. The summed E-state index contributed by atoms with van der Waals surface area (Å²) in [7, 11) is 0. The number of aliphatic carboxylic acids is 1. The van der Waals surface area contributed by atoms with Crippen LogP contribution in [0.3, 0.4) is 0 Å². The van der Waals surface area contributed by atoms with E-state index >= 15 is 0 Å². The van der Waals surface area contributed by atoms with E-state index in [0.29, 0.717) is 6.42 Å². The van der Waals surface area contributed by atoms with Gasteiger partial charge in [-0.2, -0.15) is 0 Å². The van der Waals surface area contributed by atoms with Crippen LogP contribution in [0.15, 0.2) is 30.9 Å². The minimum absolute atomic E-state index is 0.0709. The Balaban J connectivity index is 1.98. The van der Waals surface area contributed by atoms with Crippen molar-refractivity contribution in [1.82, 2.24) is 19.9 Å². The topological polar surface area (TPSA) is 94.7 Å². The maximum atomic E-state index is 11.4. The van der Waals surface area contributed by atoms with Crippen LogP contribution in [0.5, 0.6) is 0 Å². The molecule has 6 heteroatoms. The summed E-state index contributed by atoms with van der Waals surface area (Å²) in [5.74, 6) is -0.806. The molecule has 3 aromatic rings. The quantitative estimate of drug-likeness (QED) is 0.339. The molecular formula is C32H34N4O2. The van der Waals surface area contributed by atoms with Crippen molar-refractivity contribution in [3.63, 3.8) is 0 Å². The molecule has 3 aromatic heterocycles. The van der Waals surface area contributed by atoms with Gasteiger partial charge in [-0.25, -0.2) is 9.97 Å². The normalized spacial score (nSPS) is 13.4. The number of fused-ring (bicyclic) bond motifs is 8. The Morgan fingerprint density at radius 1 is 0.763 bits per heavy atom. The molecule has 2 aliphatic rings. The zero-order chi connectivity index (χ0) is 27.5. The lowest BCUT2D eigenvalue weighted by molar-refractivity contribution is -0.136. The van der Waals surface area contributed by atoms with Gasteiger partial charge >= 0.3 is 5.97 Å². The molecule has 3 N–H and O–H groups in total.